The molecule has 0 aliphatic heterocycles. The molecule has 0 saturated carbocycles. The second kappa shape index (κ2) is 3.18. The molecule has 3 nitrogen and oxygen atoms in total. The molecular weight excluding hydrogens is 106 g/mol. The van der Waals surface area contributed by atoms with Crippen molar-refractivity contribution in [2.75, 3.05) is 0 Å². The molecule has 1 N–H and O–H groups in total. The van der Waals surface area contributed by atoms with Crippen molar-refractivity contribution in [2.24, 2.45) is 5.16 Å². The van der Waals surface area contributed by atoms with E-state index < -0.39 is 0 Å². The van der Waals surface area contributed by atoms with Crippen molar-refractivity contribution in [1.29, 1.82) is 0 Å². The van der Waals surface area contributed by atoms with Gasteiger partial charge in [-0.25, -0.2) is 0 Å². The van der Waals surface area contributed by atoms with Gasteiger partial charge in [-0.2, -0.15) is 0 Å². The highest BCUT2D eigenvalue weighted by Gasteiger charge is 2.00. The first-order valence-electron chi connectivity index (χ1n) is 2.44. The molecule has 0 aliphatic carbocycles. The van der Waals surface area contributed by atoms with Gasteiger partial charge in [0.25, 0.3) is 0 Å². The molecule has 0 rings (SSSR count). The number of oxime groups is 1. The van der Waals surface area contributed by atoms with Crippen LogP contribution in [0.25, 0.3) is 0 Å². The SMILES string of the molecule is CC/C(=N\O)C(C)=O. The molecule has 0 saturated heterocycles. The van der Waals surface area contributed by atoms with Crippen molar-refractivity contribution in [3.63, 3.8) is 0 Å². The molecule has 0 aromatic heterocycles. The highest BCUT2D eigenvalue weighted by Crippen LogP contribution is 1.84. The summed E-state index contributed by atoms with van der Waals surface area (Å²) in [5.74, 6) is -0.171. The number of carbonyl (C=O) groups is 1. The van der Waals surface area contributed by atoms with Gasteiger partial charge in [-0.15, -0.1) is 0 Å². The Bertz CT molecular complexity index is 118. The van der Waals surface area contributed by atoms with E-state index in [1.807, 2.05) is 0 Å². The van der Waals surface area contributed by atoms with Crippen LogP contribution in [0.2, 0.25) is 0 Å². The number of nitrogens with zero attached hydrogens (tertiary/aromatic N) is 1. The van der Waals surface area contributed by atoms with Crippen molar-refractivity contribution >= 4 is 11.5 Å². The summed E-state index contributed by atoms with van der Waals surface area (Å²) in [6.45, 7) is 3.13. The monoisotopic (exact) mass is 115 g/mol. The molecule has 0 aromatic carbocycles. The fraction of sp³-hybridized carbons (Fsp3) is 0.600. The third-order valence-electron chi connectivity index (χ3n) is 0.862. The molecular formula is C5H9NO2. The number of ketones is 1. The van der Waals surface area contributed by atoms with Crippen LogP contribution in [0.1, 0.15) is 20.3 Å². The van der Waals surface area contributed by atoms with Crippen molar-refractivity contribution in [3.8, 4) is 0 Å². The summed E-state index contributed by atoms with van der Waals surface area (Å²) in [7, 11) is 0. The Morgan fingerprint density at radius 2 is 2.25 bits per heavy atom. The summed E-state index contributed by atoms with van der Waals surface area (Å²) in [4.78, 5) is 10.3. The van der Waals surface area contributed by atoms with Gasteiger partial charge >= 0.3 is 0 Å². The van der Waals surface area contributed by atoms with Gasteiger partial charge in [-0.1, -0.05) is 12.1 Å². The molecule has 0 amide bonds. The zero-order valence-corrected chi connectivity index (χ0v) is 5.01. The minimum absolute atomic E-state index is 0.171. The van der Waals surface area contributed by atoms with Gasteiger partial charge in [0.1, 0.15) is 5.71 Å². The fourth-order valence-corrected chi connectivity index (χ4v) is 0.390. The maximum absolute atomic E-state index is 10.3. The highest BCUT2D eigenvalue weighted by atomic mass is 16.4. The lowest BCUT2D eigenvalue weighted by Crippen LogP contribution is -2.07. The van der Waals surface area contributed by atoms with Crippen LogP contribution in [0.4, 0.5) is 0 Å². The molecule has 0 aliphatic rings. The second-order valence-corrected chi connectivity index (χ2v) is 1.46. The van der Waals surface area contributed by atoms with Crippen LogP contribution in [-0.2, 0) is 4.79 Å². The number of carbonyl (C=O) groups excluding carboxylic acids is 1. The Kier molecular flexibility index (Phi) is 2.84. The van der Waals surface area contributed by atoms with E-state index in [2.05, 4.69) is 5.16 Å². The summed E-state index contributed by atoms with van der Waals surface area (Å²) in [6, 6.07) is 0. The molecule has 0 aromatic rings. The zero-order chi connectivity index (χ0) is 6.57. The molecule has 0 bridgehead atoms. The van der Waals surface area contributed by atoms with Crippen LogP contribution >= 0.6 is 0 Å². The van der Waals surface area contributed by atoms with Crippen molar-refractivity contribution in [3.05, 3.63) is 0 Å². The van der Waals surface area contributed by atoms with Crippen LogP contribution in [0, 0.1) is 0 Å². The van der Waals surface area contributed by atoms with Gasteiger partial charge in [-0.05, 0) is 6.42 Å². The maximum Gasteiger partial charge on any atom is 0.177 e. The Hall–Kier alpha value is -0.860. The van der Waals surface area contributed by atoms with E-state index in [1.165, 1.54) is 6.92 Å². The highest BCUT2D eigenvalue weighted by molar-refractivity contribution is 6.38. The summed E-state index contributed by atoms with van der Waals surface area (Å²) in [5.41, 5.74) is 0.227. The number of hydrogen-bond donors (Lipinski definition) is 1. The van der Waals surface area contributed by atoms with E-state index in [0.717, 1.165) is 0 Å². The third kappa shape index (κ3) is 1.73. The Labute approximate surface area is 48.0 Å². The van der Waals surface area contributed by atoms with E-state index in [4.69, 9.17) is 5.21 Å². The summed E-state index contributed by atoms with van der Waals surface area (Å²) < 4.78 is 0. The summed E-state index contributed by atoms with van der Waals surface area (Å²) in [5, 5.41) is 10.8. The normalized spacial score (nSPS) is 11.5. The van der Waals surface area contributed by atoms with Crippen molar-refractivity contribution in [1.82, 2.24) is 0 Å². The van der Waals surface area contributed by atoms with Gasteiger partial charge < -0.3 is 5.21 Å². The minimum atomic E-state index is -0.171. The van der Waals surface area contributed by atoms with E-state index in [-0.39, 0.29) is 11.5 Å². The first-order valence-corrected chi connectivity index (χ1v) is 2.44. The molecule has 0 spiro atoms. The third-order valence-corrected chi connectivity index (χ3v) is 0.862. The molecule has 0 radical (unpaired) electrons. The van der Waals surface area contributed by atoms with E-state index in [0.29, 0.717) is 6.42 Å². The van der Waals surface area contributed by atoms with E-state index in [9.17, 15) is 4.79 Å². The molecule has 0 fully saturated rings. The standard InChI is InChI=1S/C5H9NO2/c1-3-5(6-8)4(2)7/h8H,3H2,1-2H3/b6-5+. The molecule has 0 unspecified atom stereocenters. The summed E-state index contributed by atoms with van der Waals surface area (Å²) >= 11 is 0. The Balaban J connectivity index is 3.92. The van der Waals surface area contributed by atoms with Crippen LogP contribution in [0.3, 0.4) is 0 Å². The predicted octanol–water partition coefficient (Wildman–Crippen LogP) is 0.816. The lowest BCUT2D eigenvalue weighted by Gasteiger charge is -1.89. The van der Waals surface area contributed by atoms with E-state index in [1.54, 1.807) is 6.92 Å². The van der Waals surface area contributed by atoms with Gasteiger partial charge in [0, 0.05) is 6.92 Å². The van der Waals surface area contributed by atoms with Crippen molar-refractivity contribution < 1.29 is 10.0 Å². The largest absolute Gasteiger partial charge is 0.411 e. The molecule has 46 valence electrons. The van der Waals surface area contributed by atoms with Gasteiger partial charge in [0.05, 0.1) is 0 Å². The second-order valence-electron chi connectivity index (χ2n) is 1.46. The minimum Gasteiger partial charge on any atom is -0.411 e. The predicted molar refractivity (Wildman–Crippen MR) is 30.2 cm³/mol. The topological polar surface area (TPSA) is 49.7 Å². The number of hydrogen-bond acceptors (Lipinski definition) is 3. The van der Waals surface area contributed by atoms with Crippen LogP contribution in [0.5, 0.6) is 0 Å². The van der Waals surface area contributed by atoms with Crippen molar-refractivity contribution in [2.45, 2.75) is 20.3 Å². The first-order chi connectivity index (χ1) is 3.72. The Morgan fingerprint density at radius 3 is 2.25 bits per heavy atom. The Morgan fingerprint density at radius 1 is 1.75 bits per heavy atom. The van der Waals surface area contributed by atoms with Gasteiger partial charge in [0.15, 0.2) is 5.78 Å². The summed E-state index contributed by atoms with van der Waals surface area (Å²) in [6.07, 6.45) is 0.492. The van der Waals surface area contributed by atoms with Crippen LogP contribution in [0.15, 0.2) is 5.16 Å². The van der Waals surface area contributed by atoms with Gasteiger partial charge in [-0.3, -0.25) is 4.79 Å². The lowest BCUT2D eigenvalue weighted by atomic mass is 10.2. The fourth-order valence-electron chi connectivity index (χ4n) is 0.390. The smallest absolute Gasteiger partial charge is 0.177 e. The van der Waals surface area contributed by atoms with Crippen LogP contribution < -0.4 is 0 Å². The number of Topliss-reactive ketones (excluding diaryl/α,β-unsaturated/α-hetero) is 1. The lowest BCUT2D eigenvalue weighted by molar-refractivity contribution is -0.111. The quantitative estimate of drug-likeness (QED) is 0.329. The number of rotatable bonds is 2. The van der Waals surface area contributed by atoms with Gasteiger partial charge in [0.2, 0.25) is 0 Å². The zero-order valence-electron chi connectivity index (χ0n) is 5.01. The average Bonchev–Trinajstić information content (AvgIpc) is 1.69. The van der Waals surface area contributed by atoms with Crippen LogP contribution in [-0.4, -0.2) is 16.7 Å². The maximum atomic E-state index is 10.3. The average molecular weight is 115 g/mol. The molecule has 0 heterocycles. The molecule has 3 heteroatoms. The molecule has 8 heavy (non-hydrogen) atoms. The molecule has 0 atom stereocenters. The van der Waals surface area contributed by atoms with E-state index >= 15 is 0 Å². The first kappa shape index (κ1) is 7.14.